The summed E-state index contributed by atoms with van der Waals surface area (Å²) in [5, 5.41) is 10.1. The molecule has 0 saturated heterocycles. The molecule has 5 aliphatic rings. The monoisotopic (exact) mass is 298 g/mol. The molecular weight excluding hydrogens is 276 g/mol. The summed E-state index contributed by atoms with van der Waals surface area (Å²) in [4.78, 5) is 24.8. The summed E-state index contributed by atoms with van der Waals surface area (Å²) < 4.78 is 0. The van der Waals surface area contributed by atoms with E-state index in [-0.39, 0.29) is 52.7 Å². The van der Waals surface area contributed by atoms with Crippen molar-refractivity contribution in [2.75, 3.05) is 6.61 Å². The zero-order valence-electron chi connectivity index (χ0n) is 13.1. The van der Waals surface area contributed by atoms with Crippen molar-refractivity contribution in [3.63, 3.8) is 0 Å². The molecule has 116 valence electrons. The highest BCUT2D eigenvalue weighted by Gasteiger charge is 2.71. The van der Waals surface area contributed by atoms with Crippen LogP contribution in [0.4, 0.5) is 0 Å². The van der Waals surface area contributed by atoms with Gasteiger partial charge in [-0.3, -0.25) is 9.59 Å². The minimum absolute atomic E-state index is 0.0244. The van der Waals surface area contributed by atoms with Crippen molar-refractivity contribution in [3.05, 3.63) is 23.3 Å². The second-order valence-corrected chi connectivity index (χ2v) is 8.51. The molecule has 0 aromatic heterocycles. The van der Waals surface area contributed by atoms with Crippen LogP contribution in [0, 0.1) is 40.4 Å². The first-order chi connectivity index (χ1) is 10.4. The Balaban J connectivity index is 1.69. The van der Waals surface area contributed by atoms with Crippen molar-refractivity contribution >= 4 is 11.6 Å². The molecule has 2 saturated carbocycles. The lowest BCUT2D eigenvalue weighted by atomic mass is 9.61. The lowest BCUT2D eigenvalue weighted by Crippen LogP contribution is -2.41. The number of hydrogen-bond acceptors (Lipinski definition) is 3. The van der Waals surface area contributed by atoms with Gasteiger partial charge in [0.2, 0.25) is 0 Å². The van der Waals surface area contributed by atoms with Gasteiger partial charge >= 0.3 is 0 Å². The third kappa shape index (κ3) is 1.09. The minimum atomic E-state index is -0.111. The zero-order valence-corrected chi connectivity index (χ0v) is 13.1. The van der Waals surface area contributed by atoms with Crippen LogP contribution in [0.3, 0.4) is 0 Å². The van der Waals surface area contributed by atoms with E-state index in [0.29, 0.717) is 5.92 Å². The van der Waals surface area contributed by atoms with Crippen molar-refractivity contribution in [3.8, 4) is 0 Å². The summed E-state index contributed by atoms with van der Waals surface area (Å²) in [5.41, 5.74) is 2.88. The van der Waals surface area contributed by atoms with Gasteiger partial charge in [0.25, 0.3) is 0 Å². The van der Waals surface area contributed by atoms with E-state index < -0.39 is 0 Å². The Bertz CT molecular complexity index is 687. The van der Waals surface area contributed by atoms with Crippen LogP contribution in [-0.2, 0) is 9.59 Å². The van der Waals surface area contributed by atoms with Crippen LogP contribution in [-0.4, -0.2) is 23.3 Å². The molecule has 2 fully saturated rings. The number of allylic oxidation sites excluding steroid dienone is 4. The SMILES string of the molecule is C[C@]1(CO)[C@H]2CC[C@]1(C)C1=C2[C@H]2C[C@H]1[C@H]1C(=O)C=CC(=O)[C@H]12. The van der Waals surface area contributed by atoms with Gasteiger partial charge < -0.3 is 5.11 Å². The molecule has 5 aliphatic carbocycles. The van der Waals surface area contributed by atoms with E-state index >= 15 is 0 Å². The van der Waals surface area contributed by atoms with Gasteiger partial charge in [0.1, 0.15) is 0 Å². The zero-order chi connectivity index (χ0) is 15.4. The summed E-state index contributed by atoms with van der Waals surface area (Å²) in [6, 6.07) is 0. The highest BCUT2D eigenvalue weighted by Crippen LogP contribution is 2.77. The number of ketones is 2. The summed E-state index contributed by atoms with van der Waals surface area (Å²) in [6.45, 7) is 4.72. The molecular formula is C19H22O3. The second-order valence-electron chi connectivity index (χ2n) is 8.51. The van der Waals surface area contributed by atoms with Crippen LogP contribution < -0.4 is 0 Å². The summed E-state index contributed by atoms with van der Waals surface area (Å²) in [5.74, 6) is 1.04. The first kappa shape index (κ1) is 13.2. The van der Waals surface area contributed by atoms with Crippen molar-refractivity contribution in [1.82, 2.24) is 0 Å². The Morgan fingerprint density at radius 2 is 1.77 bits per heavy atom. The van der Waals surface area contributed by atoms with E-state index in [1.165, 1.54) is 23.3 Å². The predicted octanol–water partition coefficient (Wildman–Crippen LogP) is 2.30. The summed E-state index contributed by atoms with van der Waals surface area (Å²) >= 11 is 0. The fourth-order valence-corrected chi connectivity index (χ4v) is 7.06. The molecule has 0 unspecified atom stereocenters. The van der Waals surface area contributed by atoms with E-state index in [0.717, 1.165) is 19.3 Å². The number of hydrogen-bond donors (Lipinski definition) is 1. The van der Waals surface area contributed by atoms with E-state index in [2.05, 4.69) is 13.8 Å². The first-order valence-corrected chi connectivity index (χ1v) is 8.55. The van der Waals surface area contributed by atoms with Gasteiger partial charge in [0.05, 0.1) is 0 Å². The van der Waals surface area contributed by atoms with E-state index in [1.807, 2.05) is 0 Å². The third-order valence-corrected chi connectivity index (χ3v) is 8.17. The molecule has 0 heterocycles. The Kier molecular flexibility index (Phi) is 2.19. The third-order valence-electron chi connectivity index (χ3n) is 8.17. The van der Waals surface area contributed by atoms with Crippen molar-refractivity contribution < 1.29 is 14.7 Å². The molecule has 0 radical (unpaired) electrons. The second kappa shape index (κ2) is 3.64. The van der Waals surface area contributed by atoms with Gasteiger partial charge in [-0.2, -0.15) is 0 Å². The summed E-state index contributed by atoms with van der Waals surface area (Å²) in [7, 11) is 0. The molecule has 0 aliphatic heterocycles. The van der Waals surface area contributed by atoms with Crippen LogP contribution in [0.2, 0.25) is 0 Å². The maximum absolute atomic E-state index is 12.4. The number of fused-ring (bicyclic) bond motifs is 11. The maximum atomic E-state index is 12.4. The van der Waals surface area contributed by atoms with Gasteiger partial charge in [-0.1, -0.05) is 25.0 Å². The van der Waals surface area contributed by atoms with E-state index in [1.54, 1.807) is 0 Å². The number of carbonyl (C=O) groups is 2. The van der Waals surface area contributed by atoms with Crippen LogP contribution in [0.1, 0.15) is 33.1 Å². The predicted molar refractivity (Wildman–Crippen MR) is 80.8 cm³/mol. The molecule has 4 bridgehead atoms. The lowest BCUT2D eigenvalue weighted by Gasteiger charge is -2.42. The molecule has 0 aromatic rings. The molecule has 0 amide bonds. The molecule has 5 rings (SSSR count). The summed E-state index contributed by atoms with van der Waals surface area (Å²) in [6.07, 6.45) is 6.25. The van der Waals surface area contributed by atoms with Crippen molar-refractivity contribution in [2.45, 2.75) is 33.1 Å². The van der Waals surface area contributed by atoms with Crippen LogP contribution in [0.5, 0.6) is 0 Å². The topological polar surface area (TPSA) is 54.4 Å². The largest absolute Gasteiger partial charge is 0.396 e. The Hall–Kier alpha value is -1.22. The quantitative estimate of drug-likeness (QED) is 0.597. The van der Waals surface area contributed by atoms with Crippen molar-refractivity contribution in [1.29, 1.82) is 0 Å². The van der Waals surface area contributed by atoms with Crippen LogP contribution >= 0.6 is 0 Å². The average molecular weight is 298 g/mol. The standard InChI is InChI=1S/C19H22O3/c1-18-6-5-11(19(18,2)8-20)14-9-7-10(17(14)18)16-13(22)4-3-12(21)15(9)16/h3-4,9-11,15-16,20H,5-8H2,1-2H3/t9-,10+,11+,15-,16+,18-,19+/m1/s1. The molecule has 1 N–H and O–H groups in total. The molecule has 22 heavy (non-hydrogen) atoms. The molecule has 3 heteroatoms. The molecule has 0 spiro atoms. The highest BCUT2D eigenvalue weighted by molar-refractivity contribution is 6.08. The lowest BCUT2D eigenvalue weighted by molar-refractivity contribution is -0.129. The Morgan fingerprint density at radius 1 is 1.14 bits per heavy atom. The van der Waals surface area contributed by atoms with Gasteiger partial charge in [0, 0.05) is 23.9 Å². The fourth-order valence-electron chi connectivity index (χ4n) is 7.06. The number of aliphatic hydroxyl groups is 1. The van der Waals surface area contributed by atoms with Gasteiger partial charge in [-0.15, -0.1) is 0 Å². The van der Waals surface area contributed by atoms with Gasteiger partial charge in [0.15, 0.2) is 11.6 Å². The molecule has 7 atom stereocenters. The van der Waals surface area contributed by atoms with E-state index in [9.17, 15) is 14.7 Å². The molecule has 3 nitrogen and oxygen atoms in total. The van der Waals surface area contributed by atoms with Gasteiger partial charge in [-0.25, -0.2) is 0 Å². The minimum Gasteiger partial charge on any atom is -0.396 e. The Morgan fingerprint density at radius 3 is 2.41 bits per heavy atom. The first-order valence-electron chi connectivity index (χ1n) is 8.55. The number of rotatable bonds is 1. The molecule has 0 aromatic carbocycles. The number of aliphatic hydroxyl groups excluding tert-OH is 1. The normalized spacial score (nSPS) is 54.4. The van der Waals surface area contributed by atoms with Gasteiger partial charge in [-0.05, 0) is 54.6 Å². The Labute approximate surface area is 130 Å². The van der Waals surface area contributed by atoms with E-state index in [4.69, 9.17) is 0 Å². The fraction of sp³-hybridized carbons (Fsp3) is 0.684. The average Bonchev–Trinajstić information content (AvgIpc) is 3.18. The maximum Gasteiger partial charge on any atom is 0.160 e. The van der Waals surface area contributed by atoms with Crippen LogP contribution in [0.15, 0.2) is 23.3 Å². The smallest absolute Gasteiger partial charge is 0.160 e. The van der Waals surface area contributed by atoms with Crippen LogP contribution in [0.25, 0.3) is 0 Å². The van der Waals surface area contributed by atoms with Crippen molar-refractivity contribution in [2.24, 2.45) is 40.4 Å². The number of carbonyl (C=O) groups excluding carboxylic acids is 2. The highest BCUT2D eigenvalue weighted by atomic mass is 16.3.